The second-order valence-electron chi connectivity index (χ2n) is 2.90. The fourth-order valence-corrected chi connectivity index (χ4v) is 0.953. The van der Waals surface area contributed by atoms with Crippen molar-refractivity contribution < 1.29 is 37.2 Å². The zero-order valence-corrected chi connectivity index (χ0v) is 11.6. The molecule has 0 aromatic rings. The van der Waals surface area contributed by atoms with E-state index in [0.717, 1.165) is 32.8 Å². The van der Waals surface area contributed by atoms with Crippen LogP contribution in [0.2, 0.25) is 0 Å². The Morgan fingerprint density at radius 2 is 1.56 bits per heavy atom. The van der Waals surface area contributed by atoms with Crippen LogP contribution < -0.4 is 0 Å². The van der Waals surface area contributed by atoms with E-state index in [1.807, 2.05) is 6.92 Å². The summed E-state index contributed by atoms with van der Waals surface area (Å²) < 4.78 is 0. The van der Waals surface area contributed by atoms with Crippen LogP contribution in [0.25, 0.3) is 0 Å². The Hall–Kier alpha value is -0.0905. The third kappa shape index (κ3) is 23.6. The van der Waals surface area contributed by atoms with Crippen molar-refractivity contribution in [3.63, 3.8) is 0 Å². The molecule has 0 amide bonds. The normalized spacial score (nSPS) is 9.62. The van der Waals surface area contributed by atoms with E-state index in [9.17, 15) is 4.79 Å². The van der Waals surface area contributed by atoms with E-state index in [4.69, 9.17) is 15.3 Å². The Bertz CT molecular complexity index is 121. The molecule has 0 aliphatic carbocycles. The number of carboxylic acids is 1. The largest absolute Gasteiger partial charge is 0.481 e. The van der Waals surface area contributed by atoms with Gasteiger partial charge in [0.1, 0.15) is 0 Å². The number of rotatable bonds is 5. The van der Waals surface area contributed by atoms with Gasteiger partial charge in [-0.1, -0.05) is 26.7 Å². The summed E-state index contributed by atoms with van der Waals surface area (Å²) in [7, 11) is 1.00. The summed E-state index contributed by atoms with van der Waals surface area (Å²) in [4.78, 5) is 10.4. The molecule has 16 heavy (non-hydrogen) atoms. The van der Waals surface area contributed by atoms with Gasteiger partial charge in [-0.15, -0.1) is 0 Å². The van der Waals surface area contributed by atoms with Gasteiger partial charge in [-0.3, -0.25) is 4.79 Å². The first-order valence-corrected chi connectivity index (χ1v) is 5.42. The average Bonchev–Trinajstić information content (AvgIpc) is 2.23. The van der Waals surface area contributed by atoms with Gasteiger partial charge in [0.15, 0.2) is 0 Å². The van der Waals surface area contributed by atoms with Crippen molar-refractivity contribution in [2.24, 2.45) is 5.92 Å². The molecule has 0 rings (SSSR count). The number of unbranched alkanes of at least 4 members (excludes halogenated alkanes) is 1. The second-order valence-corrected chi connectivity index (χ2v) is 2.90. The smallest absolute Gasteiger partial charge is 0.306 e. The number of hydrogen-bond acceptors (Lipinski definition) is 3. The number of aliphatic hydroxyl groups excluding tert-OH is 2. The molecular formula is C11H26CuO4. The first-order valence-electron chi connectivity index (χ1n) is 5.42. The summed E-state index contributed by atoms with van der Waals surface area (Å²) in [5.74, 6) is -0.754. The molecule has 0 aliphatic heterocycles. The van der Waals surface area contributed by atoms with Crippen LogP contribution >= 0.6 is 0 Å². The minimum Gasteiger partial charge on any atom is -0.481 e. The second kappa shape index (κ2) is 24.2. The first-order chi connectivity index (χ1) is 7.13. The molecule has 0 aromatic heterocycles. The molecule has 0 bridgehead atoms. The van der Waals surface area contributed by atoms with Crippen molar-refractivity contribution in [2.45, 2.75) is 46.5 Å². The summed E-state index contributed by atoms with van der Waals surface area (Å²) in [5.41, 5.74) is 0. The number of carboxylic acid groups (broad SMARTS) is 1. The standard InChI is InChI=1S/C8H16O2.C2H6O.CH4O.Cu/c1-3-5-6-7(4-2)8(9)10;1-2-3;1-2;/h7H,3-6H2,1-2H3,(H,9,10);3H,2H2,1H3;2H,1H3;. The molecule has 0 aliphatic rings. The Morgan fingerprint density at radius 1 is 1.19 bits per heavy atom. The van der Waals surface area contributed by atoms with Crippen LogP contribution in [0.4, 0.5) is 0 Å². The minimum atomic E-state index is -0.643. The zero-order chi connectivity index (χ0) is 12.7. The first kappa shape index (κ1) is 24.9. The van der Waals surface area contributed by atoms with Crippen LogP contribution in [0.5, 0.6) is 0 Å². The average molecular weight is 286 g/mol. The maximum atomic E-state index is 10.4. The molecule has 0 saturated heterocycles. The Balaban J connectivity index is -0.000000104. The molecule has 1 unspecified atom stereocenters. The molecule has 1 atom stereocenters. The number of aliphatic hydroxyl groups is 2. The van der Waals surface area contributed by atoms with Gasteiger partial charge in [0.2, 0.25) is 0 Å². The monoisotopic (exact) mass is 285 g/mol. The third-order valence-corrected chi connectivity index (χ3v) is 1.75. The molecule has 0 aromatic carbocycles. The molecule has 1 radical (unpaired) electrons. The van der Waals surface area contributed by atoms with Gasteiger partial charge in [-0.05, 0) is 19.8 Å². The summed E-state index contributed by atoms with van der Waals surface area (Å²) in [5, 5.41) is 23.2. The Kier molecular flexibility index (Phi) is 37.8. The number of carbonyl (C=O) groups is 1. The summed E-state index contributed by atoms with van der Waals surface area (Å²) in [6.07, 6.45) is 3.71. The van der Waals surface area contributed by atoms with Gasteiger partial charge in [0.25, 0.3) is 0 Å². The van der Waals surface area contributed by atoms with Crippen LogP contribution in [0, 0.1) is 5.92 Å². The Morgan fingerprint density at radius 3 is 1.75 bits per heavy atom. The Labute approximate surface area is 110 Å². The summed E-state index contributed by atoms with van der Waals surface area (Å²) in [6.45, 7) is 5.93. The zero-order valence-electron chi connectivity index (χ0n) is 10.7. The van der Waals surface area contributed by atoms with E-state index in [1.54, 1.807) is 6.92 Å². The van der Waals surface area contributed by atoms with Crippen molar-refractivity contribution in [1.82, 2.24) is 0 Å². The van der Waals surface area contributed by atoms with Gasteiger partial charge in [-0.2, -0.15) is 0 Å². The van der Waals surface area contributed by atoms with Crippen LogP contribution in [0.3, 0.4) is 0 Å². The van der Waals surface area contributed by atoms with Crippen LogP contribution in [-0.2, 0) is 21.9 Å². The molecule has 0 saturated carbocycles. The SMILES string of the molecule is CCCCC(CC)C(=O)O.CCO.CO.[Cu]. The van der Waals surface area contributed by atoms with Gasteiger partial charge < -0.3 is 15.3 Å². The molecule has 0 fully saturated rings. The minimum absolute atomic E-state index is 0. The number of aliphatic carboxylic acids is 1. The molecule has 0 spiro atoms. The predicted molar refractivity (Wildman–Crippen MR) is 61.8 cm³/mol. The van der Waals surface area contributed by atoms with Gasteiger partial charge in [-0.25, -0.2) is 0 Å². The fourth-order valence-electron chi connectivity index (χ4n) is 0.953. The molecule has 3 N–H and O–H groups in total. The van der Waals surface area contributed by atoms with E-state index in [-0.39, 0.29) is 29.6 Å². The van der Waals surface area contributed by atoms with Crippen LogP contribution in [0.1, 0.15) is 46.5 Å². The predicted octanol–water partition coefficient (Wildman–Crippen LogP) is 1.89. The van der Waals surface area contributed by atoms with Crippen molar-refractivity contribution in [2.75, 3.05) is 13.7 Å². The van der Waals surface area contributed by atoms with E-state index >= 15 is 0 Å². The van der Waals surface area contributed by atoms with Crippen LogP contribution in [-0.4, -0.2) is 35.0 Å². The molecule has 105 valence electrons. The van der Waals surface area contributed by atoms with Crippen molar-refractivity contribution >= 4 is 5.97 Å². The van der Waals surface area contributed by atoms with Gasteiger partial charge in [0, 0.05) is 30.8 Å². The summed E-state index contributed by atoms with van der Waals surface area (Å²) in [6, 6.07) is 0. The van der Waals surface area contributed by atoms with Crippen molar-refractivity contribution in [3.8, 4) is 0 Å². The van der Waals surface area contributed by atoms with E-state index in [0.29, 0.717) is 0 Å². The maximum absolute atomic E-state index is 10.4. The molecule has 4 nitrogen and oxygen atoms in total. The van der Waals surface area contributed by atoms with Crippen molar-refractivity contribution in [3.05, 3.63) is 0 Å². The number of hydrogen-bond donors (Lipinski definition) is 3. The van der Waals surface area contributed by atoms with E-state index in [2.05, 4.69) is 6.92 Å². The fraction of sp³-hybridized carbons (Fsp3) is 0.909. The maximum Gasteiger partial charge on any atom is 0.306 e. The van der Waals surface area contributed by atoms with Gasteiger partial charge >= 0.3 is 5.97 Å². The van der Waals surface area contributed by atoms with E-state index in [1.165, 1.54) is 0 Å². The van der Waals surface area contributed by atoms with Crippen LogP contribution in [0.15, 0.2) is 0 Å². The van der Waals surface area contributed by atoms with E-state index < -0.39 is 5.97 Å². The van der Waals surface area contributed by atoms with Crippen molar-refractivity contribution in [1.29, 1.82) is 0 Å². The van der Waals surface area contributed by atoms with Gasteiger partial charge in [0.05, 0.1) is 5.92 Å². The molecular weight excluding hydrogens is 260 g/mol. The summed E-state index contributed by atoms with van der Waals surface area (Å²) >= 11 is 0. The quantitative estimate of drug-likeness (QED) is 0.674. The third-order valence-electron chi connectivity index (χ3n) is 1.75. The molecule has 5 heteroatoms. The topological polar surface area (TPSA) is 77.8 Å². The molecule has 0 heterocycles.